The van der Waals surface area contributed by atoms with Gasteiger partial charge in [0.2, 0.25) is 0 Å². The Morgan fingerprint density at radius 2 is 1.94 bits per heavy atom. The van der Waals surface area contributed by atoms with Crippen LogP contribution >= 0.6 is 0 Å². The number of anilines is 2. The van der Waals surface area contributed by atoms with Gasteiger partial charge in [-0.05, 0) is 18.2 Å². The lowest BCUT2D eigenvalue weighted by Crippen LogP contribution is -2.21. The van der Waals surface area contributed by atoms with Crippen molar-refractivity contribution in [2.24, 2.45) is 0 Å². The van der Waals surface area contributed by atoms with Gasteiger partial charge >= 0.3 is 6.03 Å². The number of carbonyl (C=O) groups is 1. The number of aromatic nitrogens is 3. The summed E-state index contributed by atoms with van der Waals surface area (Å²) in [7, 11) is 0. The van der Waals surface area contributed by atoms with Gasteiger partial charge in [-0.1, -0.05) is 6.07 Å². The molecule has 0 saturated heterocycles. The number of urea groups is 1. The molecule has 0 aromatic carbocycles. The second kappa shape index (κ2) is 4.88. The Bertz CT molecular complexity index is 546. The van der Waals surface area contributed by atoms with E-state index in [1.54, 1.807) is 24.4 Å². The highest BCUT2D eigenvalue weighted by molar-refractivity contribution is 5.98. The molecule has 0 radical (unpaired) electrons. The zero-order valence-electron chi connectivity index (χ0n) is 8.68. The number of nitrogens with one attached hydrogen (secondary N) is 3. The van der Waals surface area contributed by atoms with Crippen molar-refractivity contribution in [3.05, 3.63) is 46.9 Å². The van der Waals surface area contributed by atoms with Crippen molar-refractivity contribution in [2.75, 3.05) is 10.6 Å². The first-order chi connectivity index (χ1) is 8.24. The van der Waals surface area contributed by atoms with E-state index >= 15 is 0 Å². The monoisotopic (exact) mass is 231 g/mol. The van der Waals surface area contributed by atoms with Gasteiger partial charge in [0.05, 0.1) is 0 Å². The normalized spacial score (nSPS) is 9.65. The first kappa shape index (κ1) is 10.8. The molecule has 0 bridgehead atoms. The number of rotatable bonds is 2. The summed E-state index contributed by atoms with van der Waals surface area (Å²) < 4.78 is 0. The van der Waals surface area contributed by atoms with Crippen LogP contribution in [-0.4, -0.2) is 21.2 Å². The smallest absolute Gasteiger partial charge is 0.292 e. The zero-order valence-corrected chi connectivity index (χ0v) is 8.68. The molecular weight excluding hydrogens is 222 g/mol. The predicted octanol–water partition coefficient (Wildman–Crippen LogP) is 0.809. The van der Waals surface area contributed by atoms with E-state index in [0.29, 0.717) is 5.82 Å². The summed E-state index contributed by atoms with van der Waals surface area (Å²) in [6.07, 6.45) is 1.56. The highest BCUT2D eigenvalue weighted by atomic mass is 16.2. The van der Waals surface area contributed by atoms with Crippen molar-refractivity contribution in [1.82, 2.24) is 15.2 Å². The van der Waals surface area contributed by atoms with Gasteiger partial charge in [0.15, 0.2) is 5.82 Å². The number of nitrogens with zero attached hydrogens (tertiary/aromatic N) is 2. The first-order valence-electron chi connectivity index (χ1n) is 4.79. The van der Waals surface area contributed by atoms with Crippen LogP contribution in [0.1, 0.15) is 0 Å². The summed E-state index contributed by atoms with van der Waals surface area (Å²) in [6, 6.07) is 7.33. The molecule has 0 spiro atoms. The maximum absolute atomic E-state index is 11.5. The number of H-pyrrole nitrogens is 1. The number of hydrogen-bond acceptors (Lipinski definition) is 4. The minimum Gasteiger partial charge on any atom is -0.292 e. The molecule has 7 heteroatoms. The van der Waals surface area contributed by atoms with E-state index in [1.165, 1.54) is 12.1 Å². The van der Waals surface area contributed by atoms with Crippen LogP contribution in [0.2, 0.25) is 0 Å². The SMILES string of the molecule is O=C(Nc1ccccn1)Nc1ccc(=O)[nH]n1. The van der Waals surface area contributed by atoms with E-state index in [2.05, 4.69) is 25.8 Å². The lowest BCUT2D eigenvalue weighted by Gasteiger charge is -2.04. The van der Waals surface area contributed by atoms with Crippen LogP contribution in [0.25, 0.3) is 0 Å². The number of pyridine rings is 1. The van der Waals surface area contributed by atoms with Gasteiger partial charge in [0.25, 0.3) is 5.56 Å². The second-order valence-corrected chi connectivity index (χ2v) is 3.10. The molecule has 0 aliphatic heterocycles. The minimum absolute atomic E-state index is 0.248. The molecule has 86 valence electrons. The van der Waals surface area contributed by atoms with Gasteiger partial charge in [0, 0.05) is 12.3 Å². The van der Waals surface area contributed by atoms with E-state index in [0.717, 1.165) is 0 Å². The average molecular weight is 231 g/mol. The van der Waals surface area contributed by atoms with Crippen LogP contribution in [0.15, 0.2) is 41.3 Å². The first-order valence-corrected chi connectivity index (χ1v) is 4.79. The molecule has 7 nitrogen and oxygen atoms in total. The maximum atomic E-state index is 11.5. The van der Waals surface area contributed by atoms with Crippen LogP contribution in [0.3, 0.4) is 0 Å². The fourth-order valence-electron chi connectivity index (χ4n) is 1.11. The van der Waals surface area contributed by atoms with Gasteiger partial charge in [-0.3, -0.25) is 15.4 Å². The fraction of sp³-hybridized carbons (Fsp3) is 0. The zero-order chi connectivity index (χ0) is 12.1. The van der Waals surface area contributed by atoms with Crippen LogP contribution in [0, 0.1) is 0 Å². The molecule has 2 aromatic heterocycles. The topological polar surface area (TPSA) is 99.8 Å². The summed E-state index contributed by atoms with van der Waals surface area (Å²) in [5.74, 6) is 0.674. The molecule has 17 heavy (non-hydrogen) atoms. The van der Waals surface area contributed by atoms with Crippen LogP contribution < -0.4 is 16.2 Å². The summed E-state index contributed by atoms with van der Waals surface area (Å²) in [5, 5.41) is 10.8. The Morgan fingerprint density at radius 1 is 1.12 bits per heavy atom. The van der Waals surface area contributed by atoms with E-state index < -0.39 is 6.03 Å². The summed E-state index contributed by atoms with van der Waals surface area (Å²) >= 11 is 0. The van der Waals surface area contributed by atoms with Crippen LogP contribution in [-0.2, 0) is 0 Å². The minimum atomic E-state index is -0.483. The van der Waals surface area contributed by atoms with Crippen molar-refractivity contribution in [2.45, 2.75) is 0 Å². The van der Waals surface area contributed by atoms with E-state index in [-0.39, 0.29) is 11.4 Å². The number of hydrogen-bond donors (Lipinski definition) is 3. The van der Waals surface area contributed by atoms with Crippen molar-refractivity contribution >= 4 is 17.7 Å². The molecule has 0 aliphatic carbocycles. The number of amides is 2. The van der Waals surface area contributed by atoms with Crippen LogP contribution in [0.4, 0.5) is 16.4 Å². The van der Waals surface area contributed by atoms with Gasteiger partial charge < -0.3 is 0 Å². The van der Waals surface area contributed by atoms with Gasteiger partial charge in [-0.25, -0.2) is 14.9 Å². The molecule has 2 aromatic rings. The molecule has 0 saturated carbocycles. The molecule has 2 amide bonds. The molecule has 0 aliphatic rings. The van der Waals surface area contributed by atoms with E-state index in [1.807, 2.05) is 0 Å². The molecule has 0 fully saturated rings. The van der Waals surface area contributed by atoms with Gasteiger partial charge in [-0.2, -0.15) is 5.10 Å². The third-order valence-electron chi connectivity index (χ3n) is 1.83. The van der Waals surface area contributed by atoms with Crippen molar-refractivity contribution < 1.29 is 4.79 Å². The lowest BCUT2D eigenvalue weighted by molar-refractivity contribution is 0.262. The highest BCUT2D eigenvalue weighted by Gasteiger charge is 2.03. The standard InChI is InChI=1S/C10H9N5O2/c16-9-5-4-8(14-15-9)13-10(17)12-7-3-1-2-6-11-7/h1-6H,(H,15,16)(H2,11,12,13,14,17). The van der Waals surface area contributed by atoms with Crippen molar-refractivity contribution in [3.8, 4) is 0 Å². The molecule has 3 N–H and O–H groups in total. The molecule has 2 heterocycles. The molecule has 2 rings (SSSR count). The fourth-order valence-corrected chi connectivity index (χ4v) is 1.11. The van der Waals surface area contributed by atoms with Crippen molar-refractivity contribution in [1.29, 1.82) is 0 Å². The maximum Gasteiger partial charge on any atom is 0.326 e. The Morgan fingerprint density at radius 3 is 2.59 bits per heavy atom. The second-order valence-electron chi connectivity index (χ2n) is 3.10. The van der Waals surface area contributed by atoms with E-state index in [4.69, 9.17) is 0 Å². The predicted molar refractivity (Wildman–Crippen MR) is 61.7 cm³/mol. The van der Waals surface area contributed by atoms with Gasteiger partial charge in [0.1, 0.15) is 5.82 Å². The van der Waals surface area contributed by atoms with Gasteiger partial charge in [-0.15, -0.1) is 0 Å². The van der Waals surface area contributed by atoms with Crippen LogP contribution in [0.5, 0.6) is 0 Å². The summed E-state index contributed by atoms with van der Waals surface area (Å²) in [4.78, 5) is 26.1. The molecular formula is C10H9N5O2. The average Bonchev–Trinajstić information content (AvgIpc) is 2.33. The quantitative estimate of drug-likeness (QED) is 0.712. The lowest BCUT2D eigenvalue weighted by atomic mass is 10.5. The summed E-state index contributed by atoms with van der Waals surface area (Å²) in [5.41, 5.74) is -0.333. The molecule has 0 atom stereocenters. The third kappa shape index (κ3) is 3.13. The highest BCUT2D eigenvalue weighted by Crippen LogP contribution is 2.02. The third-order valence-corrected chi connectivity index (χ3v) is 1.83. The Kier molecular flexibility index (Phi) is 3.10. The Hall–Kier alpha value is -2.70. The number of aromatic amines is 1. The van der Waals surface area contributed by atoms with Crippen molar-refractivity contribution in [3.63, 3.8) is 0 Å². The Balaban J connectivity index is 1.98. The Labute approximate surface area is 95.9 Å². The largest absolute Gasteiger partial charge is 0.326 e. The molecule has 0 unspecified atom stereocenters. The number of carbonyl (C=O) groups excluding carboxylic acids is 1. The van der Waals surface area contributed by atoms with E-state index in [9.17, 15) is 9.59 Å². The summed E-state index contributed by atoms with van der Waals surface area (Å²) in [6.45, 7) is 0.